The van der Waals surface area contributed by atoms with E-state index in [1.165, 1.54) is 0 Å². The monoisotopic (exact) mass is 270 g/mol. The zero-order valence-electron chi connectivity index (χ0n) is 10.1. The molecule has 0 aliphatic rings. The summed E-state index contributed by atoms with van der Waals surface area (Å²) in [5.74, 6) is -1.63. The van der Waals surface area contributed by atoms with Gasteiger partial charge in [0.25, 0.3) is 0 Å². The number of sulfonamides is 1. The van der Waals surface area contributed by atoms with Gasteiger partial charge < -0.3 is 9.90 Å². The molecule has 0 spiro atoms. The lowest BCUT2D eigenvalue weighted by molar-refractivity contribution is -0.308. The van der Waals surface area contributed by atoms with Crippen LogP contribution in [0.5, 0.6) is 0 Å². The Kier molecular flexibility index (Phi) is 5.30. The second-order valence-electron chi connectivity index (χ2n) is 4.02. The topological polar surface area (TPSA) is 86.3 Å². The molecule has 1 aromatic carbocycles. The van der Waals surface area contributed by atoms with Crippen molar-refractivity contribution in [3.63, 3.8) is 0 Å². The van der Waals surface area contributed by atoms with Crippen molar-refractivity contribution in [3.8, 4) is 0 Å². The molecule has 6 heteroatoms. The Labute approximate surface area is 107 Å². The lowest BCUT2D eigenvalue weighted by atomic mass is 10.2. The number of carboxylic acid groups (broad SMARTS) is 1. The summed E-state index contributed by atoms with van der Waals surface area (Å²) in [5.41, 5.74) is 0.610. The Morgan fingerprint density at radius 3 is 2.44 bits per heavy atom. The van der Waals surface area contributed by atoms with Gasteiger partial charge in [0, 0.05) is 0 Å². The normalized spacial score (nSPS) is 13.2. The molecule has 0 unspecified atom stereocenters. The molecular formula is C12H16NO4S-. The smallest absolute Gasteiger partial charge is 0.216 e. The predicted octanol–water partition coefficient (Wildman–Crippen LogP) is 0.0246. The molecule has 0 radical (unpaired) electrons. The quantitative estimate of drug-likeness (QED) is 0.757. The van der Waals surface area contributed by atoms with Gasteiger partial charge in [0.05, 0.1) is 17.8 Å². The highest BCUT2D eigenvalue weighted by molar-refractivity contribution is 7.88. The maximum atomic E-state index is 11.8. The summed E-state index contributed by atoms with van der Waals surface area (Å²) in [6.07, 6.45) is 0.781. The highest BCUT2D eigenvalue weighted by Crippen LogP contribution is 2.06. The third-order valence-corrected chi connectivity index (χ3v) is 3.74. The number of carboxylic acids is 1. The molecule has 18 heavy (non-hydrogen) atoms. The molecule has 5 nitrogen and oxygen atoms in total. The molecule has 0 aliphatic carbocycles. The molecule has 0 heterocycles. The van der Waals surface area contributed by atoms with Crippen LogP contribution in [0.4, 0.5) is 0 Å². The van der Waals surface area contributed by atoms with Gasteiger partial charge in [-0.05, 0) is 12.0 Å². The largest absolute Gasteiger partial charge is 0.548 e. The summed E-state index contributed by atoms with van der Waals surface area (Å²) in [6, 6.07) is 7.43. The first-order chi connectivity index (χ1) is 8.44. The number of aliphatic carboxylic acids is 1. The predicted molar refractivity (Wildman–Crippen MR) is 65.9 cm³/mol. The van der Waals surface area contributed by atoms with E-state index in [1.807, 2.05) is 0 Å². The van der Waals surface area contributed by atoms with Gasteiger partial charge in [-0.1, -0.05) is 43.7 Å². The molecule has 100 valence electrons. The third-order valence-electron chi connectivity index (χ3n) is 2.38. The van der Waals surface area contributed by atoms with Crippen LogP contribution in [0, 0.1) is 0 Å². The van der Waals surface area contributed by atoms with Crippen LogP contribution in [0.15, 0.2) is 30.3 Å². The van der Waals surface area contributed by atoms with E-state index in [9.17, 15) is 18.3 Å². The van der Waals surface area contributed by atoms with Crippen molar-refractivity contribution >= 4 is 16.0 Å². The van der Waals surface area contributed by atoms with E-state index in [4.69, 9.17) is 0 Å². The van der Waals surface area contributed by atoms with Crippen molar-refractivity contribution in [1.82, 2.24) is 4.72 Å². The van der Waals surface area contributed by atoms with Crippen LogP contribution in [-0.2, 0) is 20.6 Å². The zero-order chi connectivity index (χ0) is 13.6. The van der Waals surface area contributed by atoms with Crippen LogP contribution in [0.2, 0.25) is 0 Å². The van der Waals surface area contributed by atoms with Crippen LogP contribution >= 0.6 is 0 Å². The van der Waals surface area contributed by atoms with E-state index >= 15 is 0 Å². The van der Waals surface area contributed by atoms with E-state index in [0.29, 0.717) is 12.0 Å². The third kappa shape index (κ3) is 4.85. The zero-order valence-corrected chi connectivity index (χ0v) is 10.9. The fourth-order valence-electron chi connectivity index (χ4n) is 1.57. The van der Waals surface area contributed by atoms with Crippen LogP contribution in [-0.4, -0.2) is 20.4 Å². The first-order valence-electron chi connectivity index (χ1n) is 5.69. The molecule has 1 N–H and O–H groups in total. The summed E-state index contributed by atoms with van der Waals surface area (Å²) in [7, 11) is -3.67. The summed E-state index contributed by atoms with van der Waals surface area (Å²) in [5, 5.41) is 10.8. The fraction of sp³-hybridized carbons (Fsp3) is 0.417. The fourth-order valence-corrected chi connectivity index (χ4v) is 2.93. The number of carbonyl (C=O) groups excluding carboxylic acids is 1. The van der Waals surface area contributed by atoms with Crippen molar-refractivity contribution < 1.29 is 18.3 Å². The van der Waals surface area contributed by atoms with Crippen molar-refractivity contribution in [3.05, 3.63) is 35.9 Å². The van der Waals surface area contributed by atoms with Crippen molar-refractivity contribution in [2.75, 3.05) is 0 Å². The molecule has 0 bridgehead atoms. The molecule has 1 rings (SSSR count). The summed E-state index contributed by atoms with van der Waals surface area (Å²) in [4.78, 5) is 10.8. The van der Waals surface area contributed by atoms with E-state index in [1.54, 1.807) is 37.3 Å². The van der Waals surface area contributed by atoms with E-state index in [-0.39, 0.29) is 12.2 Å². The number of nitrogens with one attached hydrogen (secondary N) is 1. The first kappa shape index (κ1) is 14.7. The number of rotatable bonds is 7. The Morgan fingerprint density at radius 1 is 1.33 bits per heavy atom. The summed E-state index contributed by atoms with van der Waals surface area (Å²) < 4.78 is 25.7. The standard InChI is InChI=1S/C12H17NO4S/c1-2-6-11(12(14)15)13-18(16,17)9-10-7-4-3-5-8-10/h3-5,7-8,11,13H,2,6,9H2,1H3,(H,14,15)/p-1/t11-/m0/s1. The van der Waals surface area contributed by atoms with Crippen LogP contribution in [0.1, 0.15) is 25.3 Å². The lowest BCUT2D eigenvalue weighted by Gasteiger charge is -2.18. The maximum Gasteiger partial charge on any atom is 0.216 e. The van der Waals surface area contributed by atoms with Crippen molar-refractivity contribution in [1.29, 1.82) is 0 Å². The van der Waals surface area contributed by atoms with Gasteiger partial charge in [-0.3, -0.25) is 0 Å². The van der Waals surface area contributed by atoms with Gasteiger partial charge in [-0.2, -0.15) is 0 Å². The molecule has 0 aromatic heterocycles. The Balaban J connectivity index is 2.72. The minimum absolute atomic E-state index is 0.219. The van der Waals surface area contributed by atoms with Gasteiger partial charge in [-0.25, -0.2) is 13.1 Å². The van der Waals surface area contributed by atoms with Crippen molar-refractivity contribution in [2.24, 2.45) is 0 Å². The Bertz CT molecular complexity index is 484. The van der Waals surface area contributed by atoms with Gasteiger partial charge >= 0.3 is 0 Å². The average molecular weight is 270 g/mol. The van der Waals surface area contributed by atoms with Gasteiger partial charge in [0.2, 0.25) is 10.0 Å². The van der Waals surface area contributed by atoms with E-state index in [0.717, 1.165) is 0 Å². The van der Waals surface area contributed by atoms with Gasteiger partial charge in [0.15, 0.2) is 0 Å². The van der Waals surface area contributed by atoms with Gasteiger partial charge in [-0.15, -0.1) is 0 Å². The molecule has 0 saturated carbocycles. The average Bonchev–Trinajstić information content (AvgIpc) is 2.28. The minimum atomic E-state index is -3.67. The molecule has 1 aromatic rings. The Hall–Kier alpha value is -1.40. The van der Waals surface area contributed by atoms with Crippen molar-refractivity contribution in [2.45, 2.75) is 31.6 Å². The SMILES string of the molecule is CCC[C@H](NS(=O)(=O)Cc1ccccc1)C(=O)[O-]. The molecule has 0 aliphatic heterocycles. The molecule has 0 saturated heterocycles. The van der Waals surface area contributed by atoms with Crippen LogP contribution in [0.3, 0.4) is 0 Å². The number of hydrogen-bond donors (Lipinski definition) is 1. The first-order valence-corrected chi connectivity index (χ1v) is 7.34. The molecule has 1 atom stereocenters. The van der Waals surface area contributed by atoms with Crippen LogP contribution in [0.25, 0.3) is 0 Å². The highest BCUT2D eigenvalue weighted by atomic mass is 32.2. The lowest BCUT2D eigenvalue weighted by Crippen LogP contribution is -2.48. The molecular weight excluding hydrogens is 254 g/mol. The second kappa shape index (κ2) is 6.51. The minimum Gasteiger partial charge on any atom is -0.548 e. The van der Waals surface area contributed by atoms with E-state index < -0.39 is 22.0 Å². The van der Waals surface area contributed by atoms with Crippen LogP contribution < -0.4 is 9.83 Å². The number of carbonyl (C=O) groups is 1. The maximum absolute atomic E-state index is 11.8. The number of benzene rings is 1. The Morgan fingerprint density at radius 2 is 1.94 bits per heavy atom. The molecule has 0 amide bonds. The van der Waals surface area contributed by atoms with Gasteiger partial charge in [0.1, 0.15) is 0 Å². The summed E-state index contributed by atoms with van der Waals surface area (Å²) >= 11 is 0. The molecule has 0 fully saturated rings. The number of hydrogen-bond acceptors (Lipinski definition) is 4. The van der Waals surface area contributed by atoms with E-state index in [2.05, 4.69) is 4.72 Å². The second-order valence-corrected chi connectivity index (χ2v) is 5.78. The highest BCUT2D eigenvalue weighted by Gasteiger charge is 2.18. The summed E-state index contributed by atoms with van der Waals surface area (Å²) in [6.45, 7) is 1.78.